The van der Waals surface area contributed by atoms with Crippen LogP contribution in [-0.2, 0) is 5.88 Å². The lowest BCUT2D eigenvalue weighted by molar-refractivity contribution is 0.253. The molecular formula is C14H20Cl2N2. The first kappa shape index (κ1) is 14.0. The molecule has 0 aliphatic carbocycles. The Bertz CT molecular complexity index is 401. The zero-order valence-corrected chi connectivity index (χ0v) is 12.5. The van der Waals surface area contributed by atoms with Crippen LogP contribution in [-0.4, -0.2) is 38.1 Å². The van der Waals surface area contributed by atoms with Crippen molar-refractivity contribution >= 4 is 28.9 Å². The van der Waals surface area contributed by atoms with E-state index in [4.69, 9.17) is 23.2 Å². The summed E-state index contributed by atoms with van der Waals surface area (Å²) in [6, 6.07) is 6.59. The van der Waals surface area contributed by atoms with Crippen LogP contribution in [0.15, 0.2) is 18.2 Å². The Morgan fingerprint density at radius 1 is 1.33 bits per heavy atom. The SMILES string of the molecule is CN1CCC(N(C)c2ccc(Cl)cc2CCl)CC1. The van der Waals surface area contributed by atoms with E-state index in [1.807, 2.05) is 12.1 Å². The Morgan fingerprint density at radius 3 is 2.61 bits per heavy atom. The maximum absolute atomic E-state index is 6.02. The first-order valence-electron chi connectivity index (χ1n) is 6.37. The van der Waals surface area contributed by atoms with E-state index in [1.54, 1.807) is 0 Å². The molecule has 2 nitrogen and oxygen atoms in total. The summed E-state index contributed by atoms with van der Waals surface area (Å²) in [6.07, 6.45) is 2.41. The molecule has 1 saturated heterocycles. The molecule has 2 rings (SSSR count). The number of alkyl halides is 1. The summed E-state index contributed by atoms with van der Waals surface area (Å²) in [5, 5.41) is 0.756. The number of piperidine rings is 1. The van der Waals surface area contributed by atoms with Crippen LogP contribution < -0.4 is 4.90 Å². The third-order valence-electron chi connectivity index (χ3n) is 3.80. The molecule has 0 amide bonds. The maximum Gasteiger partial charge on any atom is 0.0495 e. The average molecular weight is 287 g/mol. The first-order chi connectivity index (χ1) is 8.61. The summed E-state index contributed by atoms with van der Waals surface area (Å²) >= 11 is 12.0. The Morgan fingerprint density at radius 2 is 2.00 bits per heavy atom. The second-order valence-electron chi connectivity index (χ2n) is 5.05. The molecule has 1 aliphatic rings. The molecule has 18 heavy (non-hydrogen) atoms. The zero-order valence-electron chi connectivity index (χ0n) is 11.0. The van der Waals surface area contributed by atoms with Gasteiger partial charge in [0.05, 0.1) is 0 Å². The van der Waals surface area contributed by atoms with Gasteiger partial charge in [0.15, 0.2) is 0 Å². The Balaban J connectivity index is 2.15. The van der Waals surface area contributed by atoms with Crippen molar-refractivity contribution in [2.75, 3.05) is 32.1 Å². The molecule has 1 fully saturated rings. The van der Waals surface area contributed by atoms with E-state index >= 15 is 0 Å². The van der Waals surface area contributed by atoms with Crippen molar-refractivity contribution in [3.8, 4) is 0 Å². The minimum absolute atomic E-state index is 0.507. The maximum atomic E-state index is 6.02. The summed E-state index contributed by atoms with van der Waals surface area (Å²) in [4.78, 5) is 4.75. The van der Waals surface area contributed by atoms with Gasteiger partial charge in [0, 0.05) is 29.7 Å². The Hall–Kier alpha value is -0.440. The highest BCUT2D eigenvalue weighted by Crippen LogP contribution is 2.28. The van der Waals surface area contributed by atoms with Crippen molar-refractivity contribution in [3.05, 3.63) is 28.8 Å². The van der Waals surface area contributed by atoms with E-state index in [9.17, 15) is 0 Å². The number of rotatable bonds is 3. The van der Waals surface area contributed by atoms with Crippen LogP contribution in [0.5, 0.6) is 0 Å². The molecule has 0 aromatic heterocycles. The van der Waals surface area contributed by atoms with Gasteiger partial charge in [0.2, 0.25) is 0 Å². The van der Waals surface area contributed by atoms with Crippen molar-refractivity contribution in [2.45, 2.75) is 24.8 Å². The van der Waals surface area contributed by atoms with E-state index in [2.05, 4.69) is 30.0 Å². The van der Waals surface area contributed by atoms with Gasteiger partial charge in [0.25, 0.3) is 0 Å². The van der Waals surface area contributed by atoms with Gasteiger partial charge < -0.3 is 9.80 Å². The molecule has 0 N–H and O–H groups in total. The Labute approximate surface area is 119 Å². The van der Waals surface area contributed by atoms with E-state index in [1.165, 1.54) is 31.6 Å². The number of hydrogen-bond acceptors (Lipinski definition) is 2. The lowest BCUT2D eigenvalue weighted by Crippen LogP contribution is -2.42. The van der Waals surface area contributed by atoms with Gasteiger partial charge in [-0.3, -0.25) is 0 Å². The van der Waals surface area contributed by atoms with Crippen molar-refractivity contribution in [1.29, 1.82) is 0 Å². The zero-order chi connectivity index (χ0) is 13.1. The number of likely N-dealkylation sites (tertiary alicyclic amines) is 1. The van der Waals surface area contributed by atoms with Crippen LogP contribution in [0.3, 0.4) is 0 Å². The van der Waals surface area contributed by atoms with Crippen LogP contribution in [0.2, 0.25) is 5.02 Å². The van der Waals surface area contributed by atoms with Crippen LogP contribution >= 0.6 is 23.2 Å². The van der Waals surface area contributed by atoms with E-state index in [-0.39, 0.29) is 0 Å². The molecule has 0 unspecified atom stereocenters. The van der Waals surface area contributed by atoms with Gasteiger partial charge >= 0.3 is 0 Å². The van der Waals surface area contributed by atoms with Crippen LogP contribution in [0.1, 0.15) is 18.4 Å². The number of benzene rings is 1. The van der Waals surface area contributed by atoms with E-state index < -0.39 is 0 Å². The predicted octanol–water partition coefficient (Wildman–Crippen LogP) is 3.61. The largest absolute Gasteiger partial charge is 0.371 e. The molecule has 100 valence electrons. The number of anilines is 1. The van der Waals surface area contributed by atoms with Crippen molar-refractivity contribution in [1.82, 2.24) is 4.90 Å². The molecule has 0 spiro atoms. The number of hydrogen-bond donors (Lipinski definition) is 0. The minimum Gasteiger partial charge on any atom is -0.371 e. The molecule has 1 aromatic carbocycles. The van der Waals surface area contributed by atoms with Gasteiger partial charge in [-0.1, -0.05) is 11.6 Å². The highest BCUT2D eigenvalue weighted by atomic mass is 35.5. The lowest BCUT2D eigenvalue weighted by atomic mass is 10.0. The second kappa shape index (κ2) is 6.14. The van der Waals surface area contributed by atoms with Crippen molar-refractivity contribution in [2.24, 2.45) is 0 Å². The van der Waals surface area contributed by atoms with Gasteiger partial charge in [-0.25, -0.2) is 0 Å². The summed E-state index contributed by atoms with van der Waals surface area (Å²) in [5.74, 6) is 0.507. The molecule has 1 aliphatic heterocycles. The van der Waals surface area contributed by atoms with Crippen LogP contribution in [0.25, 0.3) is 0 Å². The van der Waals surface area contributed by atoms with Crippen molar-refractivity contribution < 1.29 is 0 Å². The van der Waals surface area contributed by atoms with E-state index in [0.717, 1.165) is 10.6 Å². The fraction of sp³-hybridized carbons (Fsp3) is 0.571. The minimum atomic E-state index is 0.507. The highest BCUT2D eigenvalue weighted by molar-refractivity contribution is 6.30. The number of halogens is 2. The summed E-state index contributed by atoms with van der Waals surface area (Å²) in [5.41, 5.74) is 2.33. The van der Waals surface area contributed by atoms with Crippen LogP contribution in [0.4, 0.5) is 5.69 Å². The third kappa shape index (κ3) is 3.11. The van der Waals surface area contributed by atoms with Gasteiger partial charge in [-0.15, -0.1) is 11.6 Å². The highest BCUT2D eigenvalue weighted by Gasteiger charge is 2.22. The average Bonchev–Trinajstić information content (AvgIpc) is 2.38. The summed E-state index contributed by atoms with van der Waals surface area (Å²) < 4.78 is 0. The quantitative estimate of drug-likeness (QED) is 0.784. The standard InChI is InChI=1S/C14H20Cl2N2/c1-17-7-5-13(6-8-17)18(2)14-4-3-12(16)9-11(14)10-15/h3-4,9,13H,5-8,10H2,1-2H3. The predicted molar refractivity (Wildman–Crippen MR) is 79.9 cm³/mol. The van der Waals surface area contributed by atoms with Gasteiger partial charge in [-0.2, -0.15) is 0 Å². The van der Waals surface area contributed by atoms with Gasteiger partial charge in [0.1, 0.15) is 0 Å². The molecule has 1 aromatic rings. The molecular weight excluding hydrogens is 267 g/mol. The third-order valence-corrected chi connectivity index (χ3v) is 4.32. The number of nitrogens with zero attached hydrogens (tertiary/aromatic N) is 2. The normalized spacial score (nSPS) is 18.0. The summed E-state index contributed by atoms with van der Waals surface area (Å²) in [6.45, 7) is 2.33. The molecule has 0 atom stereocenters. The lowest BCUT2D eigenvalue weighted by Gasteiger charge is -2.37. The first-order valence-corrected chi connectivity index (χ1v) is 7.29. The molecule has 0 saturated carbocycles. The fourth-order valence-corrected chi connectivity index (χ4v) is 2.99. The smallest absolute Gasteiger partial charge is 0.0495 e. The van der Waals surface area contributed by atoms with E-state index in [0.29, 0.717) is 11.9 Å². The summed E-state index contributed by atoms with van der Waals surface area (Å²) in [7, 11) is 4.35. The molecule has 4 heteroatoms. The Kier molecular flexibility index (Phi) is 4.77. The fourth-order valence-electron chi connectivity index (χ4n) is 2.58. The monoisotopic (exact) mass is 286 g/mol. The molecule has 0 radical (unpaired) electrons. The second-order valence-corrected chi connectivity index (χ2v) is 5.76. The van der Waals surface area contributed by atoms with Crippen LogP contribution in [0, 0.1) is 0 Å². The molecule has 1 heterocycles. The van der Waals surface area contributed by atoms with Gasteiger partial charge in [-0.05, 0) is 56.7 Å². The molecule has 0 bridgehead atoms. The topological polar surface area (TPSA) is 6.48 Å². The van der Waals surface area contributed by atoms with Crippen molar-refractivity contribution in [3.63, 3.8) is 0 Å².